The van der Waals surface area contributed by atoms with E-state index >= 15 is 0 Å². The smallest absolute Gasteiger partial charge is 0.244 e. The Bertz CT molecular complexity index is 1130. The Labute approximate surface area is 225 Å². The Balaban J connectivity index is 2.41. The van der Waals surface area contributed by atoms with Crippen molar-refractivity contribution >= 4 is 73.3 Å². The highest BCUT2D eigenvalue weighted by atomic mass is 127. The lowest BCUT2D eigenvalue weighted by Crippen LogP contribution is -2.52. The predicted octanol–water partition coefficient (Wildman–Crippen LogP) is 4.70. The van der Waals surface area contributed by atoms with Gasteiger partial charge in [-0.15, -0.1) is 0 Å². The Morgan fingerprint density at radius 1 is 1.09 bits per heavy atom. The summed E-state index contributed by atoms with van der Waals surface area (Å²) < 4.78 is 27.1. The van der Waals surface area contributed by atoms with Gasteiger partial charge in [0.25, 0.3) is 0 Å². The summed E-state index contributed by atoms with van der Waals surface area (Å²) in [5.41, 5.74) is 0.945. The molecule has 0 unspecified atom stereocenters. The summed E-state index contributed by atoms with van der Waals surface area (Å²) in [6.07, 6.45) is 1.77. The normalized spacial score (nSPS) is 13.1. The second kappa shape index (κ2) is 12.4. The van der Waals surface area contributed by atoms with Gasteiger partial charge in [0.2, 0.25) is 21.8 Å². The van der Waals surface area contributed by atoms with Crippen LogP contribution in [0.15, 0.2) is 42.5 Å². The van der Waals surface area contributed by atoms with E-state index in [1.807, 2.05) is 13.8 Å². The van der Waals surface area contributed by atoms with Crippen LogP contribution in [0, 0.1) is 3.57 Å². The zero-order chi connectivity index (χ0) is 25.6. The molecule has 2 rings (SSSR count). The molecular formula is C23H28Cl2IN3O4S. The number of hydrogen-bond acceptors (Lipinski definition) is 4. The monoisotopic (exact) mass is 639 g/mol. The molecule has 0 aliphatic rings. The zero-order valence-electron chi connectivity index (χ0n) is 19.4. The number of carbonyl (C=O) groups excluding carboxylic acids is 2. The number of halogens is 3. The molecule has 0 radical (unpaired) electrons. The number of sulfonamides is 1. The van der Waals surface area contributed by atoms with E-state index in [1.54, 1.807) is 49.4 Å². The molecule has 34 heavy (non-hydrogen) atoms. The van der Waals surface area contributed by atoms with Crippen molar-refractivity contribution in [2.45, 2.75) is 45.8 Å². The molecule has 0 spiro atoms. The van der Waals surface area contributed by atoms with E-state index in [0.29, 0.717) is 21.3 Å². The highest BCUT2D eigenvalue weighted by Gasteiger charge is 2.30. The van der Waals surface area contributed by atoms with Crippen LogP contribution in [0.3, 0.4) is 0 Å². The van der Waals surface area contributed by atoms with Crippen LogP contribution in [-0.2, 0) is 26.2 Å². The average molecular weight is 640 g/mol. The Morgan fingerprint density at radius 2 is 1.71 bits per heavy atom. The average Bonchev–Trinajstić information content (AvgIpc) is 2.76. The maximum atomic E-state index is 13.5. The van der Waals surface area contributed by atoms with Crippen LogP contribution >= 0.6 is 45.8 Å². The van der Waals surface area contributed by atoms with Crippen LogP contribution in [0.25, 0.3) is 0 Å². The van der Waals surface area contributed by atoms with Crippen molar-refractivity contribution in [3.63, 3.8) is 0 Å². The van der Waals surface area contributed by atoms with E-state index in [1.165, 1.54) is 4.90 Å². The van der Waals surface area contributed by atoms with Crippen molar-refractivity contribution in [3.8, 4) is 0 Å². The molecular weight excluding hydrogens is 612 g/mol. The van der Waals surface area contributed by atoms with Gasteiger partial charge in [0.15, 0.2) is 0 Å². The van der Waals surface area contributed by atoms with E-state index < -0.39 is 28.5 Å². The highest BCUT2D eigenvalue weighted by molar-refractivity contribution is 14.1. The minimum Gasteiger partial charge on any atom is -0.352 e. The van der Waals surface area contributed by atoms with E-state index in [4.69, 9.17) is 23.2 Å². The van der Waals surface area contributed by atoms with Crippen LogP contribution in [-0.4, -0.2) is 50.0 Å². The molecule has 2 amide bonds. The van der Waals surface area contributed by atoms with Crippen molar-refractivity contribution in [2.75, 3.05) is 17.1 Å². The lowest BCUT2D eigenvalue weighted by molar-refractivity contribution is -0.139. The lowest BCUT2D eigenvalue weighted by Gasteiger charge is -2.32. The maximum Gasteiger partial charge on any atom is 0.244 e. The van der Waals surface area contributed by atoms with Crippen LogP contribution in [0.4, 0.5) is 5.69 Å². The SMILES string of the molecule is CC[C@H](C)NC(=O)[C@H](C)N(Cc1ccc(Cl)cc1Cl)C(=O)CN(c1ccc(I)cc1)S(C)(=O)=O. The van der Waals surface area contributed by atoms with Gasteiger partial charge in [-0.2, -0.15) is 0 Å². The third-order valence-electron chi connectivity index (χ3n) is 5.32. The summed E-state index contributed by atoms with van der Waals surface area (Å²) in [5, 5.41) is 3.66. The molecule has 0 aliphatic heterocycles. The Kier molecular flexibility index (Phi) is 10.5. The summed E-state index contributed by atoms with van der Waals surface area (Å²) in [7, 11) is -3.78. The Morgan fingerprint density at radius 3 is 2.24 bits per heavy atom. The first-order valence-electron chi connectivity index (χ1n) is 10.6. The third-order valence-corrected chi connectivity index (χ3v) is 7.76. The molecule has 2 atom stereocenters. The molecule has 0 aliphatic carbocycles. The molecule has 0 saturated carbocycles. The molecule has 186 valence electrons. The van der Waals surface area contributed by atoms with Gasteiger partial charge >= 0.3 is 0 Å². The number of nitrogens with one attached hydrogen (secondary N) is 1. The van der Waals surface area contributed by atoms with Crippen molar-refractivity contribution < 1.29 is 18.0 Å². The second-order valence-corrected chi connectivity index (χ2v) is 12.0. The second-order valence-electron chi connectivity index (χ2n) is 8.00. The van der Waals surface area contributed by atoms with Crippen LogP contribution in [0.2, 0.25) is 10.0 Å². The van der Waals surface area contributed by atoms with Crippen LogP contribution < -0.4 is 9.62 Å². The van der Waals surface area contributed by atoms with Gasteiger partial charge in [-0.05, 0) is 84.8 Å². The molecule has 2 aromatic rings. The van der Waals surface area contributed by atoms with Gasteiger partial charge < -0.3 is 10.2 Å². The Hall–Kier alpha value is -1.56. The molecule has 0 heterocycles. The third kappa shape index (κ3) is 8.00. The number of anilines is 1. The molecule has 0 bridgehead atoms. The van der Waals surface area contributed by atoms with E-state index in [2.05, 4.69) is 27.9 Å². The number of carbonyl (C=O) groups is 2. The van der Waals surface area contributed by atoms with Crippen molar-refractivity contribution in [2.24, 2.45) is 0 Å². The van der Waals surface area contributed by atoms with Gasteiger partial charge in [0.1, 0.15) is 12.6 Å². The predicted molar refractivity (Wildman–Crippen MR) is 146 cm³/mol. The minimum absolute atomic E-state index is 0.00815. The zero-order valence-corrected chi connectivity index (χ0v) is 23.9. The first kappa shape index (κ1) is 28.7. The number of nitrogens with zero attached hydrogens (tertiary/aromatic N) is 2. The highest BCUT2D eigenvalue weighted by Crippen LogP contribution is 2.24. The van der Waals surface area contributed by atoms with Gasteiger partial charge in [-0.25, -0.2) is 8.42 Å². The van der Waals surface area contributed by atoms with Gasteiger partial charge in [0, 0.05) is 26.2 Å². The quantitative estimate of drug-likeness (QED) is 0.382. The number of benzene rings is 2. The van der Waals surface area contributed by atoms with Crippen molar-refractivity contribution in [1.29, 1.82) is 0 Å². The van der Waals surface area contributed by atoms with E-state index in [-0.39, 0.29) is 18.5 Å². The van der Waals surface area contributed by atoms with E-state index in [0.717, 1.165) is 20.6 Å². The summed E-state index contributed by atoms with van der Waals surface area (Å²) in [6.45, 7) is 4.96. The summed E-state index contributed by atoms with van der Waals surface area (Å²) in [5.74, 6) is -0.880. The van der Waals surface area contributed by atoms with Gasteiger partial charge in [-0.1, -0.05) is 36.2 Å². The van der Waals surface area contributed by atoms with Crippen LogP contribution in [0.5, 0.6) is 0 Å². The largest absolute Gasteiger partial charge is 0.352 e. The molecule has 0 fully saturated rings. The summed E-state index contributed by atoms with van der Waals surface area (Å²) >= 11 is 14.4. The number of hydrogen-bond donors (Lipinski definition) is 1. The fourth-order valence-electron chi connectivity index (χ4n) is 3.10. The fraction of sp³-hybridized carbons (Fsp3) is 0.391. The lowest BCUT2D eigenvalue weighted by atomic mass is 10.1. The van der Waals surface area contributed by atoms with Gasteiger partial charge in [-0.3, -0.25) is 13.9 Å². The maximum absolute atomic E-state index is 13.5. The molecule has 1 N–H and O–H groups in total. The first-order chi connectivity index (χ1) is 15.8. The first-order valence-corrected chi connectivity index (χ1v) is 14.3. The fourth-order valence-corrected chi connectivity index (χ4v) is 4.78. The molecule has 0 aromatic heterocycles. The summed E-state index contributed by atoms with van der Waals surface area (Å²) in [6, 6.07) is 10.7. The molecule has 7 nitrogen and oxygen atoms in total. The van der Waals surface area contributed by atoms with Crippen molar-refractivity contribution in [1.82, 2.24) is 10.2 Å². The van der Waals surface area contributed by atoms with Crippen molar-refractivity contribution in [3.05, 3.63) is 61.6 Å². The minimum atomic E-state index is -3.78. The standard InChI is InChI=1S/C23H28Cl2IN3O4S/c1-5-15(2)27-23(31)16(3)28(13-17-6-7-18(24)12-21(17)25)22(30)14-29(34(4,32)33)20-10-8-19(26)9-11-20/h6-12,15-16H,5,13-14H2,1-4H3,(H,27,31)/t15-,16-/m0/s1. The van der Waals surface area contributed by atoms with Gasteiger partial charge in [0.05, 0.1) is 11.9 Å². The van der Waals surface area contributed by atoms with Crippen LogP contribution in [0.1, 0.15) is 32.8 Å². The van der Waals surface area contributed by atoms with E-state index in [9.17, 15) is 18.0 Å². The number of amides is 2. The molecule has 11 heteroatoms. The summed E-state index contributed by atoms with van der Waals surface area (Å²) in [4.78, 5) is 27.7. The number of rotatable bonds is 10. The molecule has 2 aromatic carbocycles. The molecule has 0 saturated heterocycles. The topological polar surface area (TPSA) is 86.8 Å².